The summed E-state index contributed by atoms with van der Waals surface area (Å²) in [6.07, 6.45) is 4.84. The van der Waals surface area contributed by atoms with Crippen molar-refractivity contribution >= 4 is 0 Å². The average Bonchev–Trinajstić information content (AvgIpc) is 3.23. The van der Waals surface area contributed by atoms with Crippen molar-refractivity contribution in [3.8, 4) is 6.07 Å². The van der Waals surface area contributed by atoms with Crippen LogP contribution in [0.25, 0.3) is 0 Å². The number of hydrogen-bond donors (Lipinski definition) is 1. The van der Waals surface area contributed by atoms with Gasteiger partial charge in [0.1, 0.15) is 5.69 Å². The predicted octanol–water partition coefficient (Wildman–Crippen LogP) is 0.994. The van der Waals surface area contributed by atoms with Gasteiger partial charge in [-0.15, -0.1) is 5.10 Å². The Kier molecular flexibility index (Phi) is 2.40. The number of nitriles is 1. The van der Waals surface area contributed by atoms with Crippen LogP contribution in [0, 0.1) is 16.7 Å². The molecule has 0 saturated heterocycles. The van der Waals surface area contributed by atoms with Gasteiger partial charge >= 0.3 is 0 Å². The maximum Gasteiger partial charge on any atom is 0.100 e. The van der Waals surface area contributed by atoms with Gasteiger partial charge in [0, 0.05) is 11.3 Å². The van der Waals surface area contributed by atoms with Crippen LogP contribution < -0.4 is 0 Å². The summed E-state index contributed by atoms with van der Waals surface area (Å²) in [6, 6.07) is 2.15. The second-order valence-electron chi connectivity index (χ2n) is 5.35. The highest BCUT2D eigenvalue weighted by Gasteiger charge is 2.44. The Morgan fingerprint density at radius 3 is 2.76 bits per heavy atom. The third-order valence-corrected chi connectivity index (χ3v) is 3.84. The lowest BCUT2D eigenvalue weighted by Gasteiger charge is -2.13. The Morgan fingerprint density at radius 2 is 2.24 bits per heavy atom. The molecule has 90 valence electrons. The van der Waals surface area contributed by atoms with E-state index in [0.717, 1.165) is 30.8 Å². The van der Waals surface area contributed by atoms with Crippen LogP contribution in [0.5, 0.6) is 0 Å². The van der Waals surface area contributed by atoms with Crippen molar-refractivity contribution < 1.29 is 5.11 Å². The fourth-order valence-electron chi connectivity index (χ4n) is 2.34. The van der Waals surface area contributed by atoms with E-state index < -0.39 is 0 Å². The molecule has 1 aromatic heterocycles. The van der Waals surface area contributed by atoms with Crippen molar-refractivity contribution in [2.24, 2.45) is 5.41 Å². The van der Waals surface area contributed by atoms with Gasteiger partial charge in [-0.2, -0.15) is 5.26 Å². The van der Waals surface area contributed by atoms with Crippen LogP contribution in [0.4, 0.5) is 0 Å². The summed E-state index contributed by atoms with van der Waals surface area (Å²) >= 11 is 0. The van der Waals surface area contributed by atoms with Crippen LogP contribution >= 0.6 is 0 Å². The molecule has 2 fully saturated rings. The maximum absolute atomic E-state index is 9.36. The summed E-state index contributed by atoms with van der Waals surface area (Å²) in [5, 5.41) is 26.4. The molecule has 2 aliphatic carbocycles. The number of rotatable bonds is 5. The first kappa shape index (κ1) is 10.7. The van der Waals surface area contributed by atoms with E-state index in [-0.39, 0.29) is 12.0 Å². The van der Waals surface area contributed by atoms with E-state index in [9.17, 15) is 5.11 Å². The van der Waals surface area contributed by atoms with E-state index in [1.807, 2.05) is 4.68 Å². The summed E-state index contributed by atoms with van der Waals surface area (Å²) in [4.78, 5) is 0. The molecule has 17 heavy (non-hydrogen) atoms. The zero-order valence-electron chi connectivity index (χ0n) is 9.76. The van der Waals surface area contributed by atoms with Gasteiger partial charge in [0.25, 0.3) is 0 Å². The number of aliphatic hydroxyl groups excluding tert-OH is 1. The number of aromatic nitrogens is 3. The molecular formula is C12H16N4O. The number of nitrogens with zero attached hydrogens (tertiary/aromatic N) is 4. The molecule has 0 amide bonds. The highest BCUT2D eigenvalue weighted by molar-refractivity contribution is 5.23. The normalized spacial score (nSPS) is 21.2. The highest BCUT2D eigenvalue weighted by Crippen LogP contribution is 2.48. The molecule has 0 aliphatic heterocycles. The molecule has 1 heterocycles. The Morgan fingerprint density at radius 1 is 1.47 bits per heavy atom. The minimum atomic E-state index is 0.0429. The molecule has 0 aromatic carbocycles. The SMILES string of the molecule is N#CCc1nnn(CC2(CO)CC2)c1C1CC1. The first-order valence-corrected chi connectivity index (χ1v) is 6.18. The standard InChI is InChI=1S/C12H16N4O/c13-6-3-10-11(9-1-2-9)16(15-14-10)7-12(8-17)4-5-12/h9,17H,1-5,7-8H2. The van der Waals surface area contributed by atoms with Gasteiger partial charge in [-0.1, -0.05) is 5.21 Å². The van der Waals surface area contributed by atoms with Crippen LogP contribution in [0.15, 0.2) is 0 Å². The molecule has 0 atom stereocenters. The molecule has 5 heteroatoms. The fourth-order valence-corrected chi connectivity index (χ4v) is 2.34. The van der Waals surface area contributed by atoms with E-state index in [1.165, 1.54) is 12.8 Å². The molecule has 2 aliphatic rings. The van der Waals surface area contributed by atoms with Gasteiger partial charge in [0.05, 0.1) is 31.3 Å². The topological polar surface area (TPSA) is 74.7 Å². The average molecular weight is 232 g/mol. The lowest BCUT2D eigenvalue weighted by Crippen LogP contribution is -2.18. The molecule has 1 aromatic rings. The Balaban J connectivity index is 1.86. The van der Waals surface area contributed by atoms with Crippen LogP contribution in [-0.2, 0) is 13.0 Å². The summed E-state index contributed by atoms with van der Waals surface area (Å²) in [5.74, 6) is 0.544. The van der Waals surface area contributed by atoms with E-state index in [2.05, 4.69) is 16.4 Å². The Hall–Kier alpha value is -1.41. The first-order chi connectivity index (χ1) is 8.28. The van der Waals surface area contributed by atoms with E-state index in [0.29, 0.717) is 12.3 Å². The molecule has 0 unspecified atom stereocenters. The second-order valence-corrected chi connectivity index (χ2v) is 5.35. The Labute approximate surface area is 100 Å². The fraction of sp³-hybridized carbons (Fsp3) is 0.750. The van der Waals surface area contributed by atoms with Crippen molar-refractivity contribution in [3.63, 3.8) is 0 Å². The zero-order valence-corrected chi connectivity index (χ0v) is 9.76. The molecule has 0 bridgehead atoms. The second kappa shape index (κ2) is 3.81. The summed E-state index contributed by atoms with van der Waals surface area (Å²) in [6.45, 7) is 0.984. The van der Waals surface area contributed by atoms with Crippen molar-refractivity contribution in [2.75, 3.05) is 6.61 Å². The van der Waals surface area contributed by atoms with Gasteiger partial charge in [-0.25, -0.2) is 4.68 Å². The molecule has 0 spiro atoms. The van der Waals surface area contributed by atoms with Gasteiger partial charge in [-0.05, 0) is 25.7 Å². The monoisotopic (exact) mass is 232 g/mol. The molecule has 5 nitrogen and oxygen atoms in total. The van der Waals surface area contributed by atoms with Crippen molar-refractivity contribution in [3.05, 3.63) is 11.4 Å². The quantitative estimate of drug-likeness (QED) is 0.821. The minimum absolute atomic E-state index is 0.0429. The van der Waals surface area contributed by atoms with Crippen molar-refractivity contribution in [2.45, 2.75) is 44.6 Å². The molecule has 3 rings (SSSR count). The first-order valence-electron chi connectivity index (χ1n) is 6.18. The van der Waals surface area contributed by atoms with Crippen molar-refractivity contribution in [1.82, 2.24) is 15.0 Å². The van der Waals surface area contributed by atoms with Crippen LogP contribution in [0.1, 0.15) is 43.0 Å². The van der Waals surface area contributed by atoms with Crippen molar-refractivity contribution in [1.29, 1.82) is 5.26 Å². The van der Waals surface area contributed by atoms with Gasteiger partial charge in [0.2, 0.25) is 0 Å². The van der Waals surface area contributed by atoms with Crippen LogP contribution in [0.2, 0.25) is 0 Å². The maximum atomic E-state index is 9.36. The highest BCUT2D eigenvalue weighted by atomic mass is 16.3. The molecule has 0 radical (unpaired) electrons. The zero-order chi connectivity index (χ0) is 11.9. The summed E-state index contributed by atoms with van der Waals surface area (Å²) in [5.41, 5.74) is 2.02. The lowest BCUT2D eigenvalue weighted by atomic mass is 10.1. The third-order valence-electron chi connectivity index (χ3n) is 3.84. The van der Waals surface area contributed by atoms with Gasteiger partial charge in [-0.3, -0.25) is 0 Å². The predicted molar refractivity (Wildman–Crippen MR) is 60.1 cm³/mol. The van der Waals surface area contributed by atoms with Gasteiger partial charge < -0.3 is 5.11 Å². The van der Waals surface area contributed by atoms with Gasteiger partial charge in [0.15, 0.2) is 0 Å². The molecule has 2 saturated carbocycles. The third kappa shape index (κ3) is 1.93. The minimum Gasteiger partial charge on any atom is -0.396 e. The largest absolute Gasteiger partial charge is 0.396 e. The lowest BCUT2D eigenvalue weighted by molar-refractivity contribution is 0.188. The molecular weight excluding hydrogens is 216 g/mol. The van der Waals surface area contributed by atoms with Crippen LogP contribution in [-0.4, -0.2) is 26.7 Å². The summed E-state index contributed by atoms with van der Waals surface area (Å²) < 4.78 is 1.94. The van der Waals surface area contributed by atoms with E-state index >= 15 is 0 Å². The van der Waals surface area contributed by atoms with Crippen LogP contribution in [0.3, 0.4) is 0 Å². The summed E-state index contributed by atoms with van der Waals surface area (Å²) in [7, 11) is 0. The molecule has 1 N–H and O–H groups in total. The van der Waals surface area contributed by atoms with E-state index in [1.54, 1.807) is 0 Å². The smallest absolute Gasteiger partial charge is 0.100 e. The number of aliphatic hydroxyl groups is 1. The van der Waals surface area contributed by atoms with E-state index in [4.69, 9.17) is 5.26 Å². The Bertz CT molecular complexity index is 465. The number of hydrogen-bond acceptors (Lipinski definition) is 4.